The Morgan fingerprint density at radius 1 is 1.19 bits per heavy atom. The van der Waals surface area contributed by atoms with Gasteiger partial charge in [-0.15, -0.1) is 11.3 Å². The molecule has 1 aliphatic heterocycles. The van der Waals surface area contributed by atoms with Gasteiger partial charge in [-0.25, -0.2) is 8.42 Å². The van der Waals surface area contributed by atoms with Crippen molar-refractivity contribution < 1.29 is 13.2 Å². The van der Waals surface area contributed by atoms with Gasteiger partial charge in [-0.05, 0) is 36.4 Å². The summed E-state index contributed by atoms with van der Waals surface area (Å²) in [5.41, 5.74) is 1.11. The molecule has 0 saturated carbocycles. The van der Waals surface area contributed by atoms with E-state index in [9.17, 15) is 13.2 Å². The van der Waals surface area contributed by atoms with Crippen LogP contribution in [0, 0.1) is 5.92 Å². The van der Waals surface area contributed by atoms with Crippen molar-refractivity contribution in [2.24, 2.45) is 5.92 Å². The number of carbonyl (C=O) groups excluding carboxylic acids is 1. The van der Waals surface area contributed by atoms with Crippen LogP contribution in [0.4, 0.5) is 5.69 Å². The molecule has 1 aromatic carbocycles. The van der Waals surface area contributed by atoms with Crippen LogP contribution in [-0.2, 0) is 14.8 Å². The minimum Gasteiger partial charge on any atom is -0.373 e. The molecule has 0 atom stereocenters. The highest BCUT2D eigenvalue weighted by atomic mass is 32.2. The number of amides is 1. The number of thiophene rings is 1. The predicted molar refractivity (Wildman–Crippen MR) is 109 cm³/mol. The fourth-order valence-corrected chi connectivity index (χ4v) is 5.81. The second kappa shape index (κ2) is 8.86. The van der Waals surface area contributed by atoms with E-state index < -0.39 is 10.0 Å². The van der Waals surface area contributed by atoms with E-state index in [1.165, 1.54) is 15.6 Å². The van der Waals surface area contributed by atoms with E-state index in [0.29, 0.717) is 36.7 Å². The van der Waals surface area contributed by atoms with Crippen molar-refractivity contribution in [1.29, 1.82) is 0 Å². The lowest BCUT2D eigenvalue weighted by Gasteiger charge is -2.30. The van der Waals surface area contributed by atoms with Crippen LogP contribution in [0.2, 0.25) is 0 Å². The Balaban J connectivity index is 1.44. The molecule has 1 saturated heterocycles. The quantitative estimate of drug-likeness (QED) is 0.765. The zero-order chi connectivity index (χ0) is 19.3. The summed E-state index contributed by atoms with van der Waals surface area (Å²) in [5, 5.41) is 4.75. The van der Waals surface area contributed by atoms with E-state index in [2.05, 4.69) is 10.2 Å². The Kier molecular flexibility index (Phi) is 6.51. The highest BCUT2D eigenvalue weighted by Gasteiger charge is 2.32. The lowest BCUT2D eigenvalue weighted by Crippen LogP contribution is -2.44. The Bertz CT molecular complexity index is 830. The number of para-hydroxylation sites is 1. The molecule has 27 heavy (non-hydrogen) atoms. The van der Waals surface area contributed by atoms with Crippen molar-refractivity contribution in [2.45, 2.75) is 17.1 Å². The van der Waals surface area contributed by atoms with Gasteiger partial charge in [0.15, 0.2) is 0 Å². The molecule has 1 aromatic heterocycles. The van der Waals surface area contributed by atoms with Gasteiger partial charge in [-0.1, -0.05) is 24.3 Å². The van der Waals surface area contributed by atoms with Gasteiger partial charge in [0.1, 0.15) is 4.21 Å². The van der Waals surface area contributed by atoms with Crippen molar-refractivity contribution in [3.05, 3.63) is 47.8 Å². The molecule has 0 aliphatic carbocycles. The summed E-state index contributed by atoms with van der Waals surface area (Å²) in [7, 11) is -1.42. The Morgan fingerprint density at radius 3 is 2.52 bits per heavy atom. The third kappa shape index (κ3) is 4.88. The molecule has 0 unspecified atom stereocenters. The molecule has 1 N–H and O–H groups in total. The smallest absolute Gasteiger partial charge is 0.252 e. The van der Waals surface area contributed by atoms with E-state index in [1.807, 2.05) is 37.4 Å². The van der Waals surface area contributed by atoms with Gasteiger partial charge in [0.2, 0.25) is 5.91 Å². The number of rotatable bonds is 7. The van der Waals surface area contributed by atoms with Gasteiger partial charge in [-0.2, -0.15) is 4.31 Å². The van der Waals surface area contributed by atoms with E-state index in [4.69, 9.17) is 0 Å². The molecule has 0 bridgehead atoms. The predicted octanol–water partition coefficient (Wildman–Crippen LogP) is 2.40. The lowest BCUT2D eigenvalue weighted by atomic mass is 9.97. The fourth-order valence-electron chi connectivity index (χ4n) is 3.20. The Labute approximate surface area is 164 Å². The lowest BCUT2D eigenvalue weighted by molar-refractivity contribution is -0.126. The molecule has 1 amide bonds. The summed E-state index contributed by atoms with van der Waals surface area (Å²) in [6.07, 6.45) is 1.12. The summed E-state index contributed by atoms with van der Waals surface area (Å²) in [4.78, 5) is 14.5. The average Bonchev–Trinajstić information content (AvgIpc) is 3.24. The maximum Gasteiger partial charge on any atom is 0.252 e. The first-order valence-corrected chi connectivity index (χ1v) is 11.4. The maximum absolute atomic E-state index is 12.5. The van der Waals surface area contributed by atoms with E-state index >= 15 is 0 Å². The monoisotopic (exact) mass is 407 g/mol. The van der Waals surface area contributed by atoms with Gasteiger partial charge in [0, 0.05) is 44.8 Å². The molecule has 8 heteroatoms. The average molecular weight is 408 g/mol. The number of anilines is 1. The van der Waals surface area contributed by atoms with Crippen molar-refractivity contribution in [3.8, 4) is 0 Å². The second-order valence-corrected chi connectivity index (χ2v) is 9.77. The normalized spacial score (nSPS) is 16.2. The minimum absolute atomic E-state index is 0.0182. The molecule has 1 fully saturated rings. The molecular formula is C19H25N3O3S2. The van der Waals surface area contributed by atoms with Crippen LogP contribution in [-0.4, -0.2) is 51.9 Å². The van der Waals surface area contributed by atoms with Crippen LogP contribution in [0.1, 0.15) is 12.8 Å². The van der Waals surface area contributed by atoms with Gasteiger partial charge in [0.25, 0.3) is 10.0 Å². The molecule has 3 rings (SSSR count). The molecular weight excluding hydrogens is 382 g/mol. The van der Waals surface area contributed by atoms with Crippen molar-refractivity contribution in [2.75, 3.05) is 38.1 Å². The Hall–Kier alpha value is -1.90. The maximum atomic E-state index is 12.5. The van der Waals surface area contributed by atoms with Gasteiger partial charge >= 0.3 is 0 Å². The standard InChI is InChI=1S/C19H25N3O3S2/c1-21(17-6-3-2-4-7-17)14-11-20-19(23)16-9-12-22(13-10-16)27(24,25)18-8-5-15-26-18/h2-8,15-16H,9-14H2,1H3,(H,20,23). The van der Waals surface area contributed by atoms with Crippen LogP contribution >= 0.6 is 11.3 Å². The summed E-state index contributed by atoms with van der Waals surface area (Å²) >= 11 is 1.23. The zero-order valence-electron chi connectivity index (χ0n) is 15.4. The van der Waals surface area contributed by atoms with Crippen LogP contribution < -0.4 is 10.2 Å². The minimum atomic E-state index is -3.41. The van der Waals surface area contributed by atoms with Gasteiger partial charge in [-0.3, -0.25) is 4.79 Å². The number of benzene rings is 1. The number of carbonyl (C=O) groups is 1. The second-order valence-electron chi connectivity index (χ2n) is 6.66. The molecule has 0 spiro atoms. The molecule has 1 aliphatic rings. The third-order valence-electron chi connectivity index (χ3n) is 4.86. The number of hydrogen-bond donors (Lipinski definition) is 1. The van der Waals surface area contributed by atoms with Crippen LogP contribution in [0.25, 0.3) is 0 Å². The molecule has 0 radical (unpaired) electrons. The van der Waals surface area contributed by atoms with Crippen LogP contribution in [0.3, 0.4) is 0 Å². The van der Waals surface area contributed by atoms with Crippen molar-refractivity contribution in [3.63, 3.8) is 0 Å². The Morgan fingerprint density at radius 2 is 1.89 bits per heavy atom. The number of sulfonamides is 1. The van der Waals surface area contributed by atoms with Crippen molar-refractivity contribution >= 4 is 33.0 Å². The first-order chi connectivity index (χ1) is 13.0. The molecule has 2 aromatic rings. The van der Waals surface area contributed by atoms with E-state index in [1.54, 1.807) is 17.5 Å². The first kappa shape index (κ1) is 19.9. The highest BCUT2D eigenvalue weighted by molar-refractivity contribution is 7.91. The first-order valence-electron chi connectivity index (χ1n) is 9.06. The number of likely N-dealkylation sites (N-methyl/N-ethyl adjacent to an activating group) is 1. The van der Waals surface area contributed by atoms with Crippen LogP contribution in [0.5, 0.6) is 0 Å². The molecule has 6 nitrogen and oxygen atoms in total. The summed E-state index contributed by atoms with van der Waals surface area (Å²) in [6, 6.07) is 13.4. The number of nitrogens with one attached hydrogen (secondary N) is 1. The summed E-state index contributed by atoms with van der Waals surface area (Å²) in [6.45, 7) is 2.07. The number of piperidine rings is 1. The summed E-state index contributed by atoms with van der Waals surface area (Å²) < 4.78 is 26.9. The van der Waals surface area contributed by atoms with Crippen molar-refractivity contribution in [1.82, 2.24) is 9.62 Å². The SMILES string of the molecule is CN(CCNC(=O)C1CCN(S(=O)(=O)c2cccs2)CC1)c1ccccc1. The summed E-state index contributed by atoms with van der Waals surface area (Å²) in [5.74, 6) is -0.105. The van der Waals surface area contributed by atoms with E-state index in [0.717, 1.165) is 12.2 Å². The molecule has 146 valence electrons. The largest absolute Gasteiger partial charge is 0.373 e. The fraction of sp³-hybridized carbons (Fsp3) is 0.421. The van der Waals surface area contributed by atoms with Crippen LogP contribution in [0.15, 0.2) is 52.1 Å². The van der Waals surface area contributed by atoms with E-state index in [-0.39, 0.29) is 11.8 Å². The third-order valence-corrected chi connectivity index (χ3v) is 8.13. The van der Waals surface area contributed by atoms with Gasteiger partial charge in [0.05, 0.1) is 0 Å². The zero-order valence-corrected chi connectivity index (χ0v) is 17.0. The highest BCUT2D eigenvalue weighted by Crippen LogP contribution is 2.26. The topological polar surface area (TPSA) is 69.7 Å². The molecule has 2 heterocycles. The number of hydrogen-bond acceptors (Lipinski definition) is 5. The number of nitrogens with zero attached hydrogens (tertiary/aromatic N) is 2. The van der Waals surface area contributed by atoms with Gasteiger partial charge < -0.3 is 10.2 Å².